The molecule has 0 aliphatic heterocycles. The number of phosphoric acid groups is 2. The first-order chi connectivity index (χ1) is 51.4. The number of carbonyl (C=O) groups excluding carboxylic acids is 4. The van der Waals surface area contributed by atoms with Gasteiger partial charge in [-0.25, -0.2) is 9.13 Å². The fraction of sp³-hybridized carbons (Fsp3) is 0.954. The van der Waals surface area contributed by atoms with Crippen molar-refractivity contribution in [2.75, 3.05) is 39.6 Å². The van der Waals surface area contributed by atoms with Crippen molar-refractivity contribution >= 4 is 39.5 Å². The molecule has 6 atom stereocenters. The molecule has 0 saturated carbocycles. The normalized spacial score (nSPS) is 14.1. The topological polar surface area (TPSA) is 237 Å². The molecule has 3 N–H and O–H groups in total. The van der Waals surface area contributed by atoms with Crippen molar-refractivity contribution in [2.24, 2.45) is 11.8 Å². The van der Waals surface area contributed by atoms with Gasteiger partial charge in [0.05, 0.1) is 26.4 Å². The van der Waals surface area contributed by atoms with Crippen LogP contribution in [0.2, 0.25) is 0 Å². The third kappa shape index (κ3) is 78.7. The zero-order chi connectivity index (χ0) is 77.8. The van der Waals surface area contributed by atoms with Gasteiger partial charge < -0.3 is 33.8 Å². The molecule has 0 aromatic heterocycles. The van der Waals surface area contributed by atoms with Crippen LogP contribution in [0.15, 0.2) is 0 Å². The number of unbranched alkanes of at least 4 members (excludes halogenated alkanes) is 55. The molecule has 0 radical (unpaired) electrons. The lowest BCUT2D eigenvalue weighted by molar-refractivity contribution is -0.161. The van der Waals surface area contributed by atoms with E-state index < -0.39 is 97.5 Å². The molecule has 0 rings (SSSR count). The average Bonchev–Trinajstić information content (AvgIpc) is 0.900. The van der Waals surface area contributed by atoms with Gasteiger partial charge >= 0.3 is 39.5 Å². The van der Waals surface area contributed by atoms with Crippen LogP contribution in [-0.2, 0) is 65.4 Å². The van der Waals surface area contributed by atoms with Gasteiger partial charge in [0.2, 0.25) is 0 Å². The van der Waals surface area contributed by atoms with Crippen LogP contribution in [0.25, 0.3) is 0 Å². The fourth-order valence-electron chi connectivity index (χ4n) is 13.6. The van der Waals surface area contributed by atoms with Crippen molar-refractivity contribution in [3.8, 4) is 0 Å². The van der Waals surface area contributed by atoms with E-state index in [9.17, 15) is 43.2 Å². The molecule has 0 fully saturated rings. The maximum atomic E-state index is 13.2. The van der Waals surface area contributed by atoms with E-state index in [1.165, 1.54) is 270 Å². The number of hydrogen-bond acceptors (Lipinski definition) is 15. The number of phosphoric ester groups is 2. The lowest BCUT2D eigenvalue weighted by Gasteiger charge is -2.21. The first-order valence-electron chi connectivity index (χ1n) is 45.0. The molecule has 3 unspecified atom stereocenters. The maximum Gasteiger partial charge on any atom is 0.472 e. The number of hydrogen-bond donors (Lipinski definition) is 3. The van der Waals surface area contributed by atoms with Crippen LogP contribution in [0.4, 0.5) is 0 Å². The molecule has 0 saturated heterocycles. The van der Waals surface area contributed by atoms with E-state index in [4.69, 9.17) is 37.0 Å². The van der Waals surface area contributed by atoms with Gasteiger partial charge in [0.25, 0.3) is 0 Å². The largest absolute Gasteiger partial charge is 0.472 e. The van der Waals surface area contributed by atoms with Crippen molar-refractivity contribution in [1.82, 2.24) is 0 Å². The number of rotatable bonds is 86. The predicted octanol–water partition coefficient (Wildman–Crippen LogP) is 26.6. The van der Waals surface area contributed by atoms with Gasteiger partial charge in [-0.3, -0.25) is 37.3 Å². The van der Waals surface area contributed by atoms with Gasteiger partial charge in [0, 0.05) is 25.7 Å². The Labute approximate surface area is 651 Å². The number of ether oxygens (including phenoxy) is 4. The molecule has 106 heavy (non-hydrogen) atoms. The SMILES string of the molecule is CCCCCCCCCCCCCCCCCCCCCCCCC(=O)OC[C@H](COP(=O)(O)OC[C@@H](O)COP(=O)(O)OC[C@@H](COC(=O)CCCCCCCCC)OC(=O)CCCCCCCCCCCCCCC(C)C)OC(=O)CCCCCCCCCCCCCCCCCCCCC(C)CC. The summed E-state index contributed by atoms with van der Waals surface area (Å²) in [6.07, 6.45) is 71.2. The number of aliphatic hydroxyl groups excluding tert-OH is 1. The number of aliphatic hydroxyl groups is 1. The highest BCUT2D eigenvalue weighted by Crippen LogP contribution is 2.45. The molecule has 630 valence electrons. The Hall–Kier alpha value is -1.94. The van der Waals surface area contributed by atoms with E-state index >= 15 is 0 Å². The lowest BCUT2D eigenvalue weighted by atomic mass is 9.99. The summed E-state index contributed by atoms with van der Waals surface area (Å²) in [5, 5.41) is 10.7. The summed E-state index contributed by atoms with van der Waals surface area (Å²) in [4.78, 5) is 73.1. The molecule has 0 aromatic carbocycles. The van der Waals surface area contributed by atoms with Crippen LogP contribution in [0.5, 0.6) is 0 Å². The van der Waals surface area contributed by atoms with Gasteiger partial charge in [-0.1, -0.05) is 414 Å². The Bertz CT molecular complexity index is 2030. The van der Waals surface area contributed by atoms with Gasteiger partial charge in [-0.05, 0) is 37.5 Å². The molecular formula is C87H170O17P2. The summed E-state index contributed by atoms with van der Waals surface area (Å²) in [7, 11) is -9.92. The molecule has 0 heterocycles. The molecule has 0 aromatic rings. The Kier molecular flexibility index (Phi) is 76.9. The minimum atomic E-state index is -4.97. The van der Waals surface area contributed by atoms with Gasteiger partial charge in [0.1, 0.15) is 19.3 Å². The Morgan fingerprint density at radius 3 is 0.717 bits per heavy atom. The molecule has 19 heteroatoms. The van der Waals surface area contributed by atoms with Gasteiger partial charge in [0.15, 0.2) is 12.2 Å². The third-order valence-electron chi connectivity index (χ3n) is 20.8. The highest BCUT2D eigenvalue weighted by atomic mass is 31.2. The van der Waals surface area contributed by atoms with E-state index in [-0.39, 0.29) is 25.7 Å². The Balaban J connectivity index is 5.15. The van der Waals surface area contributed by atoms with Crippen LogP contribution in [0.3, 0.4) is 0 Å². The second-order valence-corrected chi connectivity index (χ2v) is 34.9. The van der Waals surface area contributed by atoms with Crippen LogP contribution < -0.4 is 0 Å². The van der Waals surface area contributed by atoms with Crippen LogP contribution in [0, 0.1) is 11.8 Å². The monoisotopic (exact) mass is 1550 g/mol. The molecule has 0 spiro atoms. The molecule has 0 aliphatic carbocycles. The van der Waals surface area contributed by atoms with Crippen molar-refractivity contribution < 1.29 is 80.2 Å². The summed E-state index contributed by atoms with van der Waals surface area (Å²) in [5.74, 6) is -0.460. The summed E-state index contributed by atoms with van der Waals surface area (Å²) >= 11 is 0. The molecule has 0 bridgehead atoms. The van der Waals surface area contributed by atoms with E-state index in [2.05, 4.69) is 41.5 Å². The first kappa shape index (κ1) is 104. The summed E-state index contributed by atoms with van der Waals surface area (Å²) < 4.78 is 68.8. The zero-order valence-electron chi connectivity index (χ0n) is 69.7. The van der Waals surface area contributed by atoms with Crippen LogP contribution >= 0.6 is 15.6 Å². The van der Waals surface area contributed by atoms with Gasteiger partial charge in [-0.2, -0.15) is 0 Å². The molecular weight excluding hydrogens is 1380 g/mol. The smallest absolute Gasteiger partial charge is 0.462 e. The van der Waals surface area contributed by atoms with Crippen molar-refractivity contribution in [3.63, 3.8) is 0 Å². The fourth-order valence-corrected chi connectivity index (χ4v) is 15.1. The number of esters is 4. The summed E-state index contributed by atoms with van der Waals surface area (Å²) in [6, 6.07) is 0. The minimum Gasteiger partial charge on any atom is -0.462 e. The molecule has 17 nitrogen and oxygen atoms in total. The Morgan fingerprint density at radius 2 is 0.481 bits per heavy atom. The quantitative estimate of drug-likeness (QED) is 0.0222. The van der Waals surface area contributed by atoms with E-state index in [1.807, 2.05) is 0 Å². The highest BCUT2D eigenvalue weighted by molar-refractivity contribution is 7.47. The third-order valence-corrected chi connectivity index (χ3v) is 22.7. The van der Waals surface area contributed by atoms with Crippen LogP contribution in [-0.4, -0.2) is 96.7 Å². The van der Waals surface area contributed by atoms with E-state index in [1.54, 1.807) is 0 Å². The lowest BCUT2D eigenvalue weighted by Crippen LogP contribution is -2.30. The maximum absolute atomic E-state index is 13.2. The van der Waals surface area contributed by atoms with Crippen molar-refractivity contribution in [3.05, 3.63) is 0 Å². The highest BCUT2D eigenvalue weighted by Gasteiger charge is 2.30. The predicted molar refractivity (Wildman–Crippen MR) is 437 cm³/mol. The second-order valence-electron chi connectivity index (χ2n) is 32.0. The summed E-state index contributed by atoms with van der Waals surface area (Å²) in [6.45, 7) is 9.70. The van der Waals surface area contributed by atoms with Crippen LogP contribution in [0.1, 0.15) is 465 Å². The van der Waals surface area contributed by atoms with Crippen molar-refractivity contribution in [1.29, 1.82) is 0 Å². The Morgan fingerprint density at radius 1 is 0.274 bits per heavy atom. The molecule has 0 amide bonds. The zero-order valence-corrected chi connectivity index (χ0v) is 71.5. The standard InChI is InChI=1S/C87H170O17P2/c1-7-10-12-14-16-17-18-19-20-21-22-23-24-25-29-32-35-41-46-52-58-64-70-85(90)98-76-83(104-87(92)71-65-59-53-47-42-36-33-30-27-26-28-31-34-40-45-51-56-62-68-80(6)9-3)78-102-106(95,96)100-74-81(88)73-99-105(93,94)101-77-82(75-97-84(89)69-63-57-49-15-13-11-8-2)103-86(91)72-66-60-54-48-43-38-37-39-44-50-55-61-67-79(4)5/h79-83,88H,7-78H2,1-6H3,(H,93,94)(H,95,96)/t80?,81-,82+,83+/m0/s1. The van der Waals surface area contributed by atoms with Crippen molar-refractivity contribution in [2.45, 2.75) is 484 Å². The van der Waals surface area contributed by atoms with E-state index in [0.717, 1.165) is 115 Å². The second kappa shape index (κ2) is 78.3. The average molecular weight is 1550 g/mol. The number of carbonyl (C=O) groups is 4. The molecule has 0 aliphatic rings. The van der Waals surface area contributed by atoms with Gasteiger partial charge in [-0.15, -0.1) is 0 Å². The summed E-state index contributed by atoms with van der Waals surface area (Å²) in [5.41, 5.74) is 0. The minimum absolute atomic E-state index is 0.107. The van der Waals surface area contributed by atoms with E-state index in [0.29, 0.717) is 25.7 Å². The first-order valence-corrected chi connectivity index (χ1v) is 48.0.